The van der Waals surface area contributed by atoms with Crippen LogP contribution >= 0.6 is 0 Å². The van der Waals surface area contributed by atoms with Crippen LogP contribution < -0.4 is 4.74 Å². The predicted molar refractivity (Wildman–Crippen MR) is 88.7 cm³/mol. The fourth-order valence-corrected chi connectivity index (χ4v) is 2.89. The molecule has 0 atom stereocenters. The van der Waals surface area contributed by atoms with Crippen LogP contribution in [0.4, 0.5) is 0 Å². The first-order valence-corrected chi connectivity index (χ1v) is 8.24. The first-order valence-electron chi connectivity index (χ1n) is 8.24. The van der Waals surface area contributed by atoms with Gasteiger partial charge < -0.3 is 19.3 Å². The Morgan fingerprint density at radius 2 is 1.62 bits per heavy atom. The Morgan fingerprint density at radius 3 is 2.17 bits per heavy atom. The van der Waals surface area contributed by atoms with Gasteiger partial charge in [0.05, 0.1) is 13.7 Å². The second-order valence-corrected chi connectivity index (χ2v) is 5.87. The minimum atomic E-state index is -0.0637. The molecule has 6 nitrogen and oxygen atoms in total. The summed E-state index contributed by atoms with van der Waals surface area (Å²) in [4.78, 5) is 28.4. The zero-order valence-corrected chi connectivity index (χ0v) is 13.9. The highest BCUT2D eigenvalue weighted by atomic mass is 16.5. The SMILES string of the molecule is COc1ccc(C(=O)N2CCN(C(=O)C3=CCCCO3)CC2)cc1. The van der Waals surface area contributed by atoms with E-state index in [-0.39, 0.29) is 11.8 Å². The molecule has 0 bridgehead atoms. The van der Waals surface area contributed by atoms with E-state index in [1.807, 2.05) is 6.08 Å². The summed E-state index contributed by atoms with van der Waals surface area (Å²) < 4.78 is 10.5. The van der Waals surface area contributed by atoms with Crippen LogP contribution in [0.5, 0.6) is 5.75 Å². The van der Waals surface area contributed by atoms with Crippen LogP contribution in [0.15, 0.2) is 36.1 Å². The minimum Gasteiger partial charge on any atom is -0.497 e. The molecule has 1 aromatic rings. The number of ether oxygens (including phenoxy) is 2. The van der Waals surface area contributed by atoms with Gasteiger partial charge in [-0.1, -0.05) is 0 Å². The molecule has 1 saturated heterocycles. The number of piperazine rings is 1. The Hall–Kier alpha value is -2.50. The lowest BCUT2D eigenvalue weighted by molar-refractivity contribution is -0.132. The fraction of sp³-hybridized carbons (Fsp3) is 0.444. The monoisotopic (exact) mass is 330 g/mol. The molecule has 3 rings (SSSR count). The van der Waals surface area contributed by atoms with E-state index in [0.717, 1.165) is 18.6 Å². The normalized spacial score (nSPS) is 17.8. The molecule has 6 heteroatoms. The highest BCUT2D eigenvalue weighted by molar-refractivity contribution is 5.95. The van der Waals surface area contributed by atoms with Crippen LogP contribution in [0.3, 0.4) is 0 Å². The highest BCUT2D eigenvalue weighted by Crippen LogP contribution is 2.17. The van der Waals surface area contributed by atoms with Crippen molar-refractivity contribution in [3.63, 3.8) is 0 Å². The van der Waals surface area contributed by atoms with Crippen molar-refractivity contribution in [2.45, 2.75) is 12.8 Å². The second-order valence-electron chi connectivity index (χ2n) is 5.87. The molecular weight excluding hydrogens is 308 g/mol. The van der Waals surface area contributed by atoms with Gasteiger partial charge >= 0.3 is 0 Å². The summed E-state index contributed by atoms with van der Waals surface area (Å²) in [5.74, 6) is 1.10. The van der Waals surface area contributed by atoms with E-state index in [0.29, 0.717) is 44.1 Å². The Kier molecular flexibility index (Phi) is 5.03. The first-order chi connectivity index (χ1) is 11.7. The molecule has 2 aliphatic rings. The van der Waals surface area contributed by atoms with Gasteiger partial charge in [0.25, 0.3) is 11.8 Å². The zero-order chi connectivity index (χ0) is 16.9. The smallest absolute Gasteiger partial charge is 0.288 e. The lowest BCUT2D eigenvalue weighted by Gasteiger charge is -2.35. The molecule has 0 saturated carbocycles. The van der Waals surface area contributed by atoms with Gasteiger partial charge in [-0.25, -0.2) is 0 Å². The van der Waals surface area contributed by atoms with Gasteiger partial charge in [-0.2, -0.15) is 0 Å². The van der Waals surface area contributed by atoms with Gasteiger partial charge in [0.1, 0.15) is 5.75 Å². The lowest BCUT2D eigenvalue weighted by Crippen LogP contribution is -2.51. The molecule has 128 valence electrons. The number of carbonyl (C=O) groups is 2. The van der Waals surface area contributed by atoms with Crippen molar-refractivity contribution in [1.29, 1.82) is 0 Å². The van der Waals surface area contributed by atoms with Crippen molar-refractivity contribution >= 4 is 11.8 Å². The van der Waals surface area contributed by atoms with Crippen molar-refractivity contribution in [2.24, 2.45) is 0 Å². The molecule has 2 heterocycles. The van der Waals surface area contributed by atoms with E-state index in [9.17, 15) is 9.59 Å². The zero-order valence-electron chi connectivity index (χ0n) is 13.9. The minimum absolute atomic E-state index is 0.0158. The van der Waals surface area contributed by atoms with Crippen molar-refractivity contribution in [3.05, 3.63) is 41.7 Å². The van der Waals surface area contributed by atoms with E-state index in [1.165, 1.54) is 0 Å². The summed E-state index contributed by atoms with van der Waals surface area (Å²) in [7, 11) is 1.60. The summed E-state index contributed by atoms with van der Waals surface area (Å²) in [6.45, 7) is 2.73. The van der Waals surface area contributed by atoms with E-state index in [4.69, 9.17) is 9.47 Å². The third-order valence-corrected chi connectivity index (χ3v) is 4.34. The molecular formula is C18H22N2O4. The van der Waals surface area contributed by atoms with Crippen LogP contribution in [0.2, 0.25) is 0 Å². The van der Waals surface area contributed by atoms with Crippen molar-refractivity contribution < 1.29 is 19.1 Å². The second kappa shape index (κ2) is 7.38. The fourth-order valence-electron chi connectivity index (χ4n) is 2.89. The van der Waals surface area contributed by atoms with Crippen molar-refractivity contribution in [3.8, 4) is 5.75 Å². The van der Waals surface area contributed by atoms with Gasteiger partial charge in [0, 0.05) is 31.7 Å². The topological polar surface area (TPSA) is 59.1 Å². The third kappa shape index (κ3) is 3.53. The number of benzene rings is 1. The number of carbonyl (C=O) groups excluding carboxylic acids is 2. The number of hydrogen-bond donors (Lipinski definition) is 0. The molecule has 1 aromatic carbocycles. The average Bonchev–Trinajstić information content (AvgIpc) is 2.68. The lowest BCUT2D eigenvalue weighted by atomic mass is 10.1. The summed E-state index contributed by atoms with van der Waals surface area (Å²) in [5, 5.41) is 0. The van der Waals surface area contributed by atoms with Crippen LogP contribution in [0, 0.1) is 0 Å². The molecule has 0 spiro atoms. The number of rotatable bonds is 3. The number of allylic oxidation sites excluding steroid dienone is 1. The standard InChI is InChI=1S/C18H22N2O4/c1-23-15-7-5-14(6-8-15)17(21)19-9-11-20(12-10-19)18(22)16-4-2-3-13-24-16/h4-8H,2-3,9-13H2,1H3. The Morgan fingerprint density at radius 1 is 1.00 bits per heavy atom. The molecule has 2 amide bonds. The molecule has 0 radical (unpaired) electrons. The molecule has 0 aromatic heterocycles. The maximum atomic E-state index is 12.5. The maximum absolute atomic E-state index is 12.5. The van der Waals surface area contributed by atoms with E-state index >= 15 is 0 Å². The van der Waals surface area contributed by atoms with Gasteiger partial charge in [-0.3, -0.25) is 9.59 Å². The van der Waals surface area contributed by atoms with Gasteiger partial charge in [0.15, 0.2) is 5.76 Å². The van der Waals surface area contributed by atoms with Gasteiger partial charge in [-0.05, 0) is 43.2 Å². The van der Waals surface area contributed by atoms with E-state index < -0.39 is 0 Å². The van der Waals surface area contributed by atoms with Crippen molar-refractivity contribution in [1.82, 2.24) is 9.80 Å². The van der Waals surface area contributed by atoms with E-state index in [2.05, 4.69) is 0 Å². The van der Waals surface area contributed by atoms with Gasteiger partial charge in [-0.15, -0.1) is 0 Å². The quantitative estimate of drug-likeness (QED) is 0.846. The number of methoxy groups -OCH3 is 1. The summed E-state index contributed by atoms with van der Waals surface area (Å²) in [6, 6.07) is 7.08. The number of amides is 2. The Bertz CT molecular complexity index is 631. The molecule has 0 unspecified atom stereocenters. The summed E-state index contributed by atoms with van der Waals surface area (Å²) >= 11 is 0. The van der Waals surface area contributed by atoms with Crippen LogP contribution in [0.1, 0.15) is 23.2 Å². The largest absolute Gasteiger partial charge is 0.497 e. The molecule has 2 aliphatic heterocycles. The van der Waals surface area contributed by atoms with Crippen LogP contribution in [0.25, 0.3) is 0 Å². The average molecular weight is 330 g/mol. The Labute approximate surface area is 141 Å². The first kappa shape index (κ1) is 16.4. The summed E-state index contributed by atoms with van der Waals surface area (Å²) in [5.41, 5.74) is 0.633. The molecule has 1 fully saturated rings. The van der Waals surface area contributed by atoms with Crippen LogP contribution in [-0.2, 0) is 9.53 Å². The number of nitrogens with zero attached hydrogens (tertiary/aromatic N) is 2. The van der Waals surface area contributed by atoms with Crippen molar-refractivity contribution in [2.75, 3.05) is 39.9 Å². The molecule has 0 aliphatic carbocycles. The Balaban J connectivity index is 1.56. The molecule has 0 N–H and O–H groups in total. The van der Waals surface area contributed by atoms with Crippen LogP contribution in [-0.4, -0.2) is 61.5 Å². The summed E-state index contributed by atoms with van der Waals surface area (Å²) in [6.07, 6.45) is 3.71. The predicted octanol–water partition coefficient (Wildman–Crippen LogP) is 1.67. The highest BCUT2D eigenvalue weighted by Gasteiger charge is 2.27. The third-order valence-electron chi connectivity index (χ3n) is 4.34. The maximum Gasteiger partial charge on any atom is 0.288 e. The van der Waals surface area contributed by atoms with Gasteiger partial charge in [0.2, 0.25) is 0 Å². The number of hydrogen-bond acceptors (Lipinski definition) is 4. The molecule has 24 heavy (non-hydrogen) atoms. The van der Waals surface area contributed by atoms with E-state index in [1.54, 1.807) is 41.2 Å².